The standard InChI is InChI=1S/C23H28N6O4/c1-4-6-19(8-7-18(5-2)16-30)25-17-26-28-23(32-3)22(31)27-20-9-10-21(24-15-20)29-11-13-33-14-12-29/h1,5,8-10,15-17H,6-7,11-14H2,2-3H3,(H,25,26)(H,27,31)/b18-5+,19-8+,28-23-. The summed E-state index contributed by atoms with van der Waals surface area (Å²) >= 11 is 0. The third-order valence-electron chi connectivity index (χ3n) is 4.56. The summed E-state index contributed by atoms with van der Waals surface area (Å²) in [5, 5.41) is 6.56. The van der Waals surface area contributed by atoms with Gasteiger partial charge in [-0.05, 0) is 31.1 Å². The summed E-state index contributed by atoms with van der Waals surface area (Å²) in [6.45, 7) is 4.67. The Morgan fingerprint density at radius 1 is 1.39 bits per heavy atom. The van der Waals surface area contributed by atoms with E-state index in [1.807, 2.05) is 6.07 Å². The highest BCUT2D eigenvalue weighted by molar-refractivity contribution is 6.39. The molecular weight excluding hydrogens is 424 g/mol. The number of methoxy groups -OCH3 is 1. The summed E-state index contributed by atoms with van der Waals surface area (Å²) in [6, 6.07) is 3.59. The molecular formula is C23H28N6O4. The molecule has 1 amide bonds. The smallest absolute Gasteiger partial charge is 0.312 e. The Balaban J connectivity index is 1.94. The second kappa shape index (κ2) is 14.2. The topological polar surface area (TPSA) is 118 Å². The Bertz CT molecular complexity index is 954. The lowest BCUT2D eigenvalue weighted by molar-refractivity contribution is -0.111. The van der Waals surface area contributed by atoms with Crippen LogP contribution >= 0.6 is 0 Å². The van der Waals surface area contributed by atoms with Gasteiger partial charge >= 0.3 is 5.91 Å². The fourth-order valence-corrected chi connectivity index (χ4v) is 2.76. The van der Waals surface area contributed by atoms with E-state index in [9.17, 15) is 9.59 Å². The zero-order chi connectivity index (χ0) is 23.9. The number of aldehydes is 1. The van der Waals surface area contributed by atoms with Gasteiger partial charge in [0, 0.05) is 13.1 Å². The molecule has 0 saturated carbocycles. The molecule has 2 rings (SSSR count). The van der Waals surface area contributed by atoms with Crippen molar-refractivity contribution in [2.45, 2.75) is 19.8 Å². The third-order valence-corrected chi connectivity index (χ3v) is 4.56. The minimum Gasteiger partial charge on any atom is -0.476 e. The zero-order valence-corrected chi connectivity index (χ0v) is 18.8. The van der Waals surface area contributed by atoms with Crippen molar-refractivity contribution in [2.75, 3.05) is 43.6 Å². The van der Waals surface area contributed by atoms with E-state index in [4.69, 9.17) is 15.9 Å². The number of rotatable bonds is 9. The molecule has 1 aliphatic rings. The highest BCUT2D eigenvalue weighted by Crippen LogP contribution is 2.15. The van der Waals surface area contributed by atoms with Crippen LogP contribution in [-0.4, -0.2) is 62.8 Å². The van der Waals surface area contributed by atoms with E-state index in [0.29, 0.717) is 36.6 Å². The van der Waals surface area contributed by atoms with Gasteiger partial charge in [-0.2, -0.15) is 0 Å². The van der Waals surface area contributed by atoms with Crippen LogP contribution < -0.4 is 15.6 Å². The van der Waals surface area contributed by atoms with Gasteiger partial charge in [0.25, 0.3) is 5.90 Å². The summed E-state index contributed by atoms with van der Waals surface area (Å²) in [7, 11) is 1.33. The highest BCUT2D eigenvalue weighted by atomic mass is 16.5. The first-order valence-electron chi connectivity index (χ1n) is 10.3. The number of aromatic nitrogens is 1. The summed E-state index contributed by atoms with van der Waals surface area (Å²) in [4.78, 5) is 34.0. The summed E-state index contributed by atoms with van der Waals surface area (Å²) in [5.74, 6) is 2.57. The van der Waals surface area contributed by atoms with Crippen molar-refractivity contribution >= 4 is 35.9 Å². The molecule has 0 aliphatic carbocycles. The lowest BCUT2D eigenvalue weighted by Gasteiger charge is -2.27. The van der Waals surface area contributed by atoms with Crippen molar-refractivity contribution in [3.05, 3.63) is 41.8 Å². The SMILES string of the molecule is C#CC/C(=C\C/C(C=O)=C\C)N=CN/N=C(\OC)C(=O)Nc1ccc(N2CCOCC2)nc1. The molecule has 0 spiro atoms. The van der Waals surface area contributed by atoms with Crippen LogP contribution in [0, 0.1) is 12.3 Å². The van der Waals surface area contributed by atoms with E-state index >= 15 is 0 Å². The molecule has 0 bridgehead atoms. The van der Waals surface area contributed by atoms with E-state index in [-0.39, 0.29) is 12.3 Å². The molecule has 10 heteroatoms. The normalized spacial score (nSPS) is 15.2. The van der Waals surface area contributed by atoms with Crippen LogP contribution in [0.25, 0.3) is 0 Å². The second-order valence-corrected chi connectivity index (χ2v) is 6.73. The maximum atomic E-state index is 12.4. The molecule has 1 fully saturated rings. The molecule has 33 heavy (non-hydrogen) atoms. The number of ether oxygens (including phenoxy) is 2. The molecule has 2 heterocycles. The van der Waals surface area contributed by atoms with Crippen molar-refractivity contribution in [3.8, 4) is 12.3 Å². The zero-order valence-electron chi connectivity index (χ0n) is 18.8. The van der Waals surface area contributed by atoms with Crippen LogP contribution in [0.4, 0.5) is 11.5 Å². The number of hydrazone groups is 1. The van der Waals surface area contributed by atoms with Crippen molar-refractivity contribution in [1.29, 1.82) is 0 Å². The Labute approximate surface area is 193 Å². The van der Waals surface area contributed by atoms with Crippen LogP contribution in [0.2, 0.25) is 0 Å². The predicted octanol–water partition coefficient (Wildman–Crippen LogP) is 1.88. The van der Waals surface area contributed by atoms with Crippen LogP contribution in [0.5, 0.6) is 0 Å². The van der Waals surface area contributed by atoms with E-state index in [2.05, 4.69) is 36.6 Å². The first-order valence-corrected chi connectivity index (χ1v) is 10.3. The number of hydrogen-bond donors (Lipinski definition) is 2. The molecule has 0 aromatic carbocycles. The first kappa shape index (κ1) is 25.3. The molecule has 1 saturated heterocycles. The fraction of sp³-hybridized carbons (Fsp3) is 0.348. The van der Waals surface area contributed by atoms with Gasteiger partial charge in [0.05, 0.1) is 44.3 Å². The van der Waals surface area contributed by atoms with Crippen molar-refractivity contribution in [1.82, 2.24) is 10.4 Å². The maximum absolute atomic E-state index is 12.4. The van der Waals surface area contributed by atoms with E-state index in [0.717, 1.165) is 25.2 Å². The summed E-state index contributed by atoms with van der Waals surface area (Å²) < 4.78 is 10.4. The van der Waals surface area contributed by atoms with Gasteiger partial charge in [0.1, 0.15) is 18.4 Å². The van der Waals surface area contributed by atoms with Gasteiger partial charge in [0.2, 0.25) is 0 Å². The quantitative estimate of drug-likeness (QED) is 0.147. The largest absolute Gasteiger partial charge is 0.476 e. The molecule has 1 aliphatic heterocycles. The lowest BCUT2D eigenvalue weighted by Crippen LogP contribution is -2.36. The van der Waals surface area contributed by atoms with Crippen LogP contribution in [0.15, 0.2) is 51.8 Å². The Hall–Kier alpha value is -3.97. The van der Waals surface area contributed by atoms with E-state index in [1.165, 1.54) is 13.4 Å². The third kappa shape index (κ3) is 8.59. The van der Waals surface area contributed by atoms with Gasteiger partial charge in [-0.1, -0.05) is 12.2 Å². The van der Waals surface area contributed by atoms with Crippen LogP contribution in [-0.2, 0) is 19.1 Å². The number of morpholine rings is 1. The van der Waals surface area contributed by atoms with Gasteiger partial charge in [-0.3, -0.25) is 15.0 Å². The van der Waals surface area contributed by atoms with Gasteiger partial charge in [-0.25, -0.2) is 9.98 Å². The average molecular weight is 453 g/mol. The number of amides is 1. The molecule has 0 unspecified atom stereocenters. The molecule has 0 atom stereocenters. The number of carbonyl (C=O) groups excluding carboxylic acids is 2. The number of anilines is 2. The van der Waals surface area contributed by atoms with Gasteiger partial charge in [-0.15, -0.1) is 17.4 Å². The molecule has 1 aromatic rings. The fourth-order valence-electron chi connectivity index (χ4n) is 2.76. The van der Waals surface area contributed by atoms with Gasteiger partial charge in [0.15, 0.2) is 0 Å². The van der Waals surface area contributed by atoms with Crippen molar-refractivity contribution in [2.24, 2.45) is 10.1 Å². The Kier molecular flexibility index (Phi) is 10.9. The predicted molar refractivity (Wildman–Crippen MR) is 128 cm³/mol. The molecule has 174 valence electrons. The van der Waals surface area contributed by atoms with Crippen molar-refractivity contribution < 1.29 is 19.1 Å². The monoisotopic (exact) mass is 452 g/mol. The molecule has 0 radical (unpaired) electrons. The minimum absolute atomic E-state index is 0.196. The number of allylic oxidation sites excluding steroid dienone is 4. The maximum Gasteiger partial charge on any atom is 0.312 e. The van der Waals surface area contributed by atoms with E-state index in [1.54, 1.807) is 31.3 Å². The highest BCUT2D eigenvalue weighted by Gasteiger charge is 2.14. The first-order chi connectivity index (χ1) is 16.1. The second-order valence-electron chi connectivity index (χ2n) is 6.73. The Morgan fingerprint density at radius 3 is 2.79 bits per heavy atom. The average Bonchev–Trinajstić information content (AvgIpc) is 2.85. The summed E-state index contributed by atoms with van der Waals surface area (Å²) in [5.41, 5.74) is 4.25. The lowest BCUT2D eigenvalue weighted by atomic mass is 10.1. The van der Waals surface area contributed by atoms with Crippen molar-refractivity contribution in [3.63, 3.8) is 0 Å². The number of terminal acetylenes is 1. The number of nitrogens with zero attached hydrogens (tertiary/aromatic N) is 4. The number of carbonyl (C=O) groups is 2. The summed E-state index contributed by atoms with van der Waals surface area (Å²) in [6.07, 6.45) is 13.2. The van der Waals surface area contributed by atoms with Crippen LogP contribution in [0.3, 0.4) is 0 Å². The number of pyridine rings is 1. The Morgan fingerprint density at radius 2 is 2.18 bits per heavy atom. The van der Waals surface area contributed by atoms with Crippen LogP contribution in [0.1, 0.15) is 19.8 Å². The number of nitrogens with one attached hydrogen (secondary N) is 2. The van der Waals surface area contributed by atoms with Gasteiger partial charge < -0.3 is 19.7 Å². The minimum atomic E-state index is -0.553. The molecule has 10 nitrogen and oxygen atoms in total. The molecule has 1 aromatic heterocycles. The number of hydrogen-bond acceptors (Lipinski definition) is 8. The molecule has 2 N–H and O–H groups in total. The number of aliphatic imine (C=N–C) groups is 1. The van der Waals surface area contributed by atoms with E-state index < -0.39 is 5.91 Å².